The molecular weight excluding hydrogens is 196 g/mol. The Kier molecular flexibility index (Phi) is 7.92. The van der Waals surface area contributed by atoms with Crippen molar-refractivity contribution in [3.63, 3.8) is 0 Å². The van der Waals surface area contributed by atoms with Gasteiger partial charge in [0, 0.05) is 5.88 Å². The summed E-state index contributed by atoms with van der Waals surface area (Å²) in [6.45, 7) is 3.80. The van der Waals surface area contributed by atoms with Crippen molar-refractivity contribution < 1.29 is 5.11 Å². The Hall–Kier alpha value is -0.270. The Bertz CT molecular complexity index is 183. The van der Waals surface area contributed by atoms with Crippen molar-refractivity contribution in [1.29, 1.82) is 0 Å². The first-order valence-electron chi connectivity index (χ1n) is 5.21. The van der Waals surface area contributed by atoms with Crippen LogP contribution in [-0.4, -0.2) is 16.6 Å². The van der Waals surface area contributed by atoms with Crippen molar-refractivity contribution in [3.8, 4) is 0 Å². The van der Waals surface area contributed by atoms with Crippen molar-refractivity contribution in [3.05, 3.63) is 24.3 Å². The van der Waals surface area contributed by atoms with Crippen molar-refractivity contribution in [2.24, 2.45) is 0 Å². The fourth-order valence-corrected chi connectivity index (χ4v) is 1.40. The van der Waals surface area contributed by atoms with E-state index in [0.717, 1.165) is 31.6 Å². The molecule has 0 saturated heterocycles. The lowest BCUT2D eigenvalue weighted by molar-refractivity contribution is 0.0987. The molecule has 0 bridgehead atoms. The normalized spacial score (nSPS) is 16.6. The van der Waals surface area contributed by atoms with Crippen LogP contribution in [0.5, 0.6) is 0 Å². The molecule has 0 spiro atoms. The molecule has 0 aliphatic carbocycles. The molecule has 0 unspecified atom stereocenters. The van der Waals surface area contributed by atoms with E-state index in [1.165, 1.54) is 0 Å². The topological polar surface area (TPSA) is 20.2 Å². The first kappa shape index (κ1) is 13.7. The lowest BCUT2D eigenvalue weighted by Crippen LogP contribution is -2.20. The van der Waals surface area contributed by atoms with Crippen LogP contribution in [0.25, 0.3) is 0 Å². The second kappa shape index (κ2) is 8.07. The van der Waals surface area contributed by atoms with Gasteiger partial charge in [-0.2, -0.15) is 0 Å². The third kappa shape index (κ3) is 8.33. The fraction of sp³-hybridized carbons (Fsp3) is 0.667. The monoisotopic (exact) mass is 216 g/mol. The number of alkyl halides is 1. The third-order valence-electron chi connectivity index (χ3n) is 2.08. The zero-order chi connectivity index (χ0) is 10.9. The van der Waals surface area contributed by atoms with E-state index < -0.39 is 5.60 Å². The van der Waals surface area contributed by atoms with Crippen LogP contribution >= 0.6 is 11.6 Å². The van der Waals surface area contributed by atoms with E-state index >= 15 is 0 Å². The predicted octanol–water partition coefficient (Wildman–Crippen LogP) is 3.67. The Morgan fingerprint density at radius 1 is 1.21 bits per heavy atom. The molecule has 14 heavy (non-hydrogen) atoms. The molecule has 1 nitrogen and oxygen atoms in total. The molecule has 0 fully saturated rings. The molecule has 0 rings (SSSR count). The van der Waals surface area contributed by atoms with Gasteiger partial charge in [-0.1, -0.05) is 37.1 Å². The first-order valence-corrected chi connectivity index (χ1v) is 5.74. The second-order valence-corrected chi connectivity index (χ2v) is 4.12. The SMILES string of the molecule is C/C=C/C=C/[C@](C)(O)CCCCCCl. The van der Waals surface area contributed by atoms with Gasteiger partial charge in [-0.3, -0.25) is 0 Å². The summed E-state index contributed by atoms with van der Waals surface area (Å²) in [5.41, 5.74) is -0.675. The van der Waals surface area contributed by atoms with E-state index in [9.17, 15) is 5.11 Å². The summed E-state index contributed by atoms with van der Waals surface area (Å²) in [6, 6.07) is 0. The predicted molar refractivity (Wildman–Crippen MR) is 63.8 cm³/mol. The fourth-order valence-electron chi connectivity index (χ4n) is 1.21. The van der Waals surface area contributed by atoms with E-state index in [1.54, 1.807) is 0 Å². The Balaban J connectivity index is 3.71. The largest absolute Gasteiger partial charge is 0.386 e. The Morgan fingerprint density at radius 2 is 1.93 bits per heavy atom. The van der Waals surface area contributed by atoms with Gasteiger partial charge in [0.2, 0.25) is 0 Å². The minimum Gasteiger partial charge on any atom is -0.386 e. The first-order chi connectivity index (χ1) is 6.62. The molecule has 1 atom stereocenters. The molecule has 0 amide bonds. The number of unbranched alkanes of at least 4 members (excludes halogenated alkanes) is 2. The maximum atomic E-state index is 9.89. The molecule has 1 N–H and O–H groups in total. The van der Waals surface area contributed by atoms with Gasteiger partial charge in [0.05, 0.1) is 5.60 Å². The van der Waals surface area contributed by atoms with Gasteiger partial charge in [0.15, 0.2) is 0 Å². The third-order valence-corrected chi connectivity index (χ3v) is 2.34. The molecule has 0 aromatic heterocycles. The number of hydrogen-bond donors (Lipinski definition) is 1. The summed E-state index contributed by atoms with van der Waals surface area (Å²) in [5, 5.41) is 9.89. The van der Waals surface area contributed by atoms with Crippen molar-refractivity contribution >= 4 is 11.6 Å². The minimum absolute atomic E-state index is 0.675. The number of aliphatic hydroxyl groups is 1. The average Bonchev–Trinajstić information content (AvgIpc) is 2.13. The number of halogens is 1. The van der Waals surface area contributed by atoms with Crippen LogP contribution < -0.4 is 0 Å². The molecule has 0 aliphatic rings. The average molecular weight is 217 g/mol. The highest BCUT2D eigenvalue weighted by molar-refractivity contribution is 6.17. The number of rotatable bonds is 7. The quantitative estimate of drug-likeness (QED) is 0.391. The van der Waals surface area contributed by atoms with E-state index in [2.05, 4.69) is 0 Å². The van der Waals surface area contributed by atoms with Crippen LogP contribution in [0.4, 0.5) is 0 Å². The number of allylic oxidation sites excluding steroid dienone is 3. The van der Waals surface area contributed by atoms with Crippen LogP contribution in [0.3, 0.4) is 0 Å². The molecule has 0 radical (unpaired) electrons. The smallest absolute Gasteiger partial charge is 0.0802 e. The summed E-state index contributed by atoms with van der Waals surface area (Å²) in [7, 11) is 0. The van der Waals surface area contributed by atoms with Crippen LogP contribution in [-0.2, 0) is 0 Å². The van der Waals surface area contributed by atoms with Crippen LogP contribution in [0.15, 0.2) is 24.3 Å². The van der Waals surface area contributed by atoms with Gasteiger partial charge in [-0.05, 0) is 26.7 Å². The summed E-state index contributed by atoms with van der Waals surface area (Å²) < 4.78 is 0. The molecule has 0 saturated carbocycles. The lowest BCUT2D eigenvalue weighted by Gasteiger charge is -2.18. The van der Waals surface area contributed by atoms with Crippen molar-refractivity contribution in [1.82, 2.24) is 0 Å². The van der Waals surface area contributed by atoms with E-state index in [4.69, 9.17) is 11.6 Å². The summed E-state index contributed by atoms with van der Waals surface area (Å²) in [6.07, 6.45) is 11.6. The van der Waals surface area contributed by atoms with Gasteiger partial charge >= 0.3 is 0 Å². The van der Waals surface area contributed by atoms with E-state index in [0.29, 0.717) is 0 Å². The highest BCUT2D eigenvalue weighted by Crippen LogP contribution is 2.16. The van der Waals surface area contributed by atoms with Crippen molar-refractivity contribution in [2.45, 2.75) is 45.1 Å². The van der Waals surface area contributed by atoms with Crippen molar-refractivity contribution in [2.75, 3.05) is 5.88 Å². The highest BCUT2D eigenvalue weighted by atomic mass is 35.5. The lowest BCUT2D eigenvalue weighted by atomic mass is 9.98. The maximum absolute atomic E-state index is 9.89. The van der Waals surface area contributed by atoms with Gasteiger partial charge < -0.3 is 5.11 Å². The molecule has 2 heteroatoms. The standard InChI is InChI=1S/C12H21ClO/c1-3-4-6-9-12(2,14)10-7-5-8-11-13/h3-4,6,9,14H,5,7-8,10-11H2,1-2H3/b4-3+,9-6+/t12-/m0/s1. The Morgan fingerprint density at radius 3 is 2.50 bits per heavy atom. The van der Waals surface area contributed by atoms with Gasteiger partial charge in [-0.25, -0.2) is 0 Å². The van der Waals surface area contributed by atoms with Gasteiger partial charge in [-0.15, -0.1) is 11.6 Å². The maximum Gasteiger partial charge on any atom is 0.0802 e. The zero-order valence-corrected chi connectivity index (χ0v) is 9.93. The molecule has 82 valence electrons. The summed E-state index contributed by atoms with van der Waals surface area (Å²) in [5.74, 6) is 0.719. The van der Waals surface area contributed by atoms with E-state index in [-0.39, 0.29) is 0 Å². The van der Waals surface area contributed by atoms with Crippen LogP contribution in [0.2, 0.25) is 0 Å². The molecule has 0 aliphatic heterocycles. The number of hydrogen-bond acceptors (Lipinski definition) is 1. The Labute approximate surface area is 92.5 Å². The van der Waals surface area contributed by atoms with Gasteiger partial charge in [0.1, 0.15) is 0 Å². The molecule has 0 heterocycles. The summed E-state index contributed by atoms with van der Waals surface area (Å²) in [4.78, 5) is 0. The minimum atomic E-state index is -0.675. The van der Waals surface area contributed by atoms with Crippen LogP contribution in [0, 0.1) is 0 Å². The van der Waals surface area contributed by atoms with E-state index in [1.807, 2.05) is 38.2 Å². The second-order valence-electron chi connectivity index (χ2n) is 3.74. The zero-order valence-electron chi connectivity index (χ0n) is 9.17. The van der Waals surface area contributed by atoms with Gasteiger partial charge in [0.25, 0.3) is 0 Å². The summed E-state index contributed by atoms with van der Waals surface area (Å²) >= 11 is 5.57. The highest BCUT2D eigenvalue weighted by Gasteiger charge is 2.14. The molecule has 0 aromatic rings. The molecular formula is C12H21ClO. The molecule has 0 aromatic carbocycles. The van der Waals surface area contributed by atoms with Crippen LogP contribution in [0.1, 0.15) is 39.5 Å².